The van der Waals surface area contributed by atoms with E-state index in [9.17, 15) is 9.65 Å². The Morgan fingerprint density at radius 1 is 1.42 bits per heavy atom. The van der Waals surface area contributed by atoms with Crippen LogP contribution in [0.1, 0.15) is 36.6 Å². The molecule has 0 amide bonds. The summed E-state index contributed by atoms with van der Waals surface area (Å²) in [5.74, 6) is 0.246. The van der Waals surface area contributed by atoms with E-state index in [1.807, 2.05) is 6.21 Å². The minimum atomic E-state index is -0.307. The highest BCUT2D eigenvalue weighted by molar-refractivity contribution is 5.68. The Balaban J connectivity index is 1.87. The highest BCUT2D eigenvalue weighted by atomic mass is 19.1. The number of nitriles is 1. The van der Waals surface area contributed by atoms with Crippen LogP contribution in [0.5, 0.6) is 0 Å². The molecule has 24 heavy (non-hydrogen) atoms. The van der Waals surface area contributed by atoms with Crippen molar-refractivity contribution in [1.82, 2.24) is 9.97 Å². The lowest BCUT2D eigenvalue weighted by Crippen LogP contribution is -2.30. The third-order valence-corrected chi connectivity index (χ3v) is 4.03. The van der Waals surface area contributed by atoms with Crippen molar-refractivity contribution in [3.8, 4) is 6.07 Å². The molecule has 1 aliphatic rings. The molecule has 1 aliphatic heterocycles. The Kier molecular flexibility index (Phi) is 4.80. The maximum absolute atomic E-state index is 13.5. The zero-order valence-corrected chi connectivity index (χ0v) is 13.5. The van der Waals surface area contributed by atoms with E-state index in [1.54, 1.807) is 29.4 Å². The van der Waals surface area contributed by atoms with Crippen molar-refractivity contribution in [3.05, 3.63) is 53.2 Å². The summed E-state index contributed by atoms with van der Waals surface area (Å²) in [5.41, 5.74) is 2.31. The van der Waals surface area contributed by atoms with E-state index in [1.165, 1.54) is 6.20 Å². The molecule has 0 bridgehead atoms. The normalized spacial score (nSPS) is 16.4. The highest BCUT2D eigenvalue weighted by Crippen LogP contribution is 2.26. The van der Waals surface area contributed by atoms with Gasteiger partial charge in [0.15, 0.2) is 5.82 Å². The summed E-state index contributed by atoms with van der Waals surface area (Å²) >= 11 is 0. The maximum atomic E-state index is 13.5. The molecule has 6 heteroatoms. The van der Waals surface area contributed by atoms with Gasteiger partial charge in [-0.2, -0.15) is 10.4 Å². The third-order valence-electron chi connectivity index (χ3n) is 4.03. The smallest absolute Gasteiger partial charge is 0.167 e. The van der Waals surface area contributed by atoms with Crippen molar-refractivity contribution in [2.24, 2.45) is 5.10 Å². The molecule has 0 aliphatic carbocycles. The first-order valence-corrected chi connectivity index (χ1v) is 8.03. The van der Waals surface area contributed by atoms with Crippen LogP contribution in [0.3, 0.4) is 0 Å². The Bertz CT molecular complexity index is 796. The van der Waals surface area contributed by atoms with E-state index in [4.69, 9.17) is 0 Å². The molecule has 122 valence electrons. The number of hydrazone groups is 1. The van der Waals surface area contributed by atoms with Crippen molar-refractivity contribution in [1.29, 1.82) is 5.26 Å². The largest absolute Gasteiger partial charge is 0.258 e. The van der Waals surface area contributed by atoms with Gasteiger partial charge in [0.25, 0.3) is 0 Å². The molecule has 2 aromatic heterocycles. The highest BCUT2D eigenvalue weighted by Gasteiger charge is 2.27. The Morgan fingerprint density at radius 2 is 2.29 bits per heavy atom. The fraction of sp³-hybridized carbons (Fsp3) is 0.333. The van der Waals surface area contributed by atoms with Crippen LogP contribution in [0, 0.1) is 17.1 Å². The van der Waals surface area contributed by atoms with Crippen LogP contribution in [-0.4, -0.2) is 22.2 Å². The molecule has 0 fully saturated rings. The number of aryl methyl sites for hydroxylation is 1. The van der Waals surface area contributed by atoms with Crippen molar-refractivity contribution in [2.75, 3.05) is 5.01 Å². The average molecular weight is 323 g/mol. The minimum Gasteiger partial charge on any atom is -0.258 e. The van der Waals surface area contributed by atoms with Crippen molar-refractivity contribution < 1.29 is 4.39 Å². The molecular weight excluding hydrogens is 305 g/mol. The van der Waals surface area contributed by atoms with E-state index in [2.05, 4.69) is 28.1 Å². The van der Waals surface area contributed by atoms with Gasteiger partial charge in [-0.25, -0.2) is 14.4 Å². The second-order valence-electron chi connectivity index (χ2n) is 5.73. The van der Waals surface area contributed by atoms with Crippen LogP contribution in [0.2, 0.25) is 0 Å². The number of hydrogen-bond acceptors (Lipinski definition) is 5. The molecule has 0 radical (unpaired) electrons. The summed E-state index contributed by atoms with van der Waals surface area (Å²) in [7, 11) is 0. The quantitative estimate of drug-likeness (QED) is 0.847. The van der Waals surface area contributed by atoms with E-state index in [0.717, 1.165) is 30.5 Å². The standard InChI is InChI=1S/C18H18FN5/c1-2-4-13-9-15(19)12-22-17(13)10-16-6-8-23-24(16)18-14(11-20)5-3-7-21-18/h3,5,7-9,12,16H,2,4,6,10H2,1H3. The molecule has 1 atom stereocenters. The molecule has 3 rings (SSSR count). The molecule has 5 nitrogen and oxygen atoms in total. The van der Waals surface area contributed by atoms with Gasteiger partial charge in [-0.3, -0.25) is 4.98 Å². The van der Waals surface area contributed by atoms with Crippen LogP contribution < -0.4 is 5.01 Å². The van der Waals surface area contributed by atoms with Crippen molar-refractivity contribution in [3.63, 3.8) is 0 Å². The number of halogens is 1. The van der Waals surface area contributed by atoms with Gasteiger partial charge in [0.1, 0.15) is 11.9 Å². The SMILES string of the molecule is CCCc1cc(F)cnc1CC1CC=NN1c1ncccc1C#N. The molecular formula is C18H18FN5. The number of rotatable bonds is 5. The van der Waals surface area contributed by atoms with Crippen molar-refractivity contribution >= 4 is 12.0 Å². The molecule has 0 N–H and O–H groups in total. The fourth-order valence-electron chi connectivity index (χ4n) is 2.92. The molecule has 0 saturated carbocycles. The number of aromatic nitrogens is 2. The van der Waals surface area contributed by atoms with Gasteiger partial charge < -0.3 is 0 Å². The third kappa shape index (κ3) is 3.25. The van der Waals surface area contributed by atoms with Gasteiger partial charge in [-0.05, 0) is 30.2 Å². The van der Waals surface area contributed by atoms with Crippen LogP contribution >= 0.6 is 0 Å². The first-order chi connectivity index (χ1) is 11.7. The first-order valence-electron chi connectivity index (χ1n) is 8.03. The second kappa shape index (κ2) is 7.18. The summed E-state index contributed by atoms with van der Waals surface area (Å²) in [6.07, 6.45) is 7.84. The maximum Gasteiger partial charge on any atom is 0.167 e. The summed E-state index contributed by atoms with van der Waals surface area (Å²) in [6, 6.07) is 7.21. The number of anilines is 1. The monoisotopic (exact) mass is 323 g/mol. The Hall–Kier alpha value is -2.81. The van der Waals surface area contributed by atoms with Gasteiger partial charge in [0.2, 0.25) is 0 Å². The van der Waals surface area contributed by atoms with Crippen LogP contribution in [-0.2, 0) is 12.8 Å². The lowest BCUT2D eigenvalue weighted by molar-refractivity contribution is 0.602. The van der Waals surface area contributed by atoms with Crippen LogP contribution in [0.15, 0.2) is 35.7 Å². The molecule has 2 aromatic rings. The molecule has 1 unspecified atom stereocenters. The predicted octanol–water partition coefficient (Wildman–Crippen LogP) is 3.25. The summed E-state index contributed by atoms with van der Waals surface area (Å²) < 4.78 is 13.5. The topological polar surface area (TPSA) is 65.2 Å². The Morgan fingerprint density at radius 3 is 3.08 bits per heavy atom. The van der Waals surface area contributed by atoms with Gasteiger partial charge in [0, 0.05) is 30.9 Å². The average Bonchev–Trinajstić information content (AvgIpc) is 3.05. The minimum absolute atomic E-state index is 0.0283. The van der Waals surface area contributed by atoms with Gasteiger partial charge in [-0.15, -0.1) is 0 Å². The Labute approximate surface area is 140 Å². The van der Waals surface area contributed by atoms with Gasteiger partial charge >= 0.3 is 0 Å². The summed E-state index contributed by atoms with van der Waals surface area (Å²) in [4.78, 5) is 8.59. The van der Waals surface area contributed by atoms with E-state index < -0.39 is 0 Å². The van der Waals surface area contributed by atoms with E-state index >= 15 is 0 Å². The van der Waals surface area contributed by atoms with Crippen molar-refractivity contribution in [2.45, 2.75) is 38.6 Å². The molecule has 0 aromatic carbocycles. The van der Waals surface area contributed by atoms with Crippen LogP contribution in [0.4, 0.5) is 10.2 Å². The second-order valence-corrected chi connectivity index (χ2v) is 5.73. The molecule has 3 heterocycles. The van der Waals surface area contributed by atoms with Gasteiger partial charge in [0.05, 0.1) is 17.8 Å². The lowest BCUT2D eigenvalue weighted by atomic mass is 10.0. The number of pyridine rings is 2. The zero-order valence-electron chi connectivity index (χ0n) is 13.5. The number of nitrogens with zero attached hydrogens (tertiary/aromatic N) is 5. The number of hydrogen-bond donors (Lipinski definition) is 0. The fourth-order valence-corrected chi connectivity index (χ4v) is 2.92. The summed E-state index contributed by atoms with van der Waals surface area (Å²) in [5, 5.41) is 15.4. The first kappa shape index (κ1) is 16.1. The van der Waals surface area contributed by atoms with E-state index in [0.29, 0.717) is 17.8 Å². The summed E-state index contributed by atoms with van der Waals surface area (Å²) in [6.45, 7) is 2.06. The van der Waals surface area contributed by atoms with Gasteiger partial charge in [-0.1, -0.05) is 13.3 Å². The van der Waals surface area contributed by atoms with E-state index in [-0.39, 0.29) is 11.9 Å². The molecule has 0 saturated heterocycles. The predicted molar refractivity (Wildman–Crippen MR) is 90.2 cm³/mol. The van der Waals surface area contributed by atoms with Crippen LogP contribution in [0.25, 0.3) is 0 Å². The zero-order chi connectivity index (χ0) is 16.9. The molecule has 0 spiro atoms. The lowest BCUT2D eigenvalue weighted by Gasteiger charge is -2.24.